The third-order valence-electron chi connectivity index (χ3n) is 2.29. The van der Waals surface area contributed by atoms with Gasteiger partial charge in [-0.1, -0.05) is 0 Å². The van der Waals surface area contributed by atoms with E-state index in [4.69, 9.17) is 5.11 Å². The van der Waals surface area contributed by atoms with Crippen LogP contribution in [0.4, 0.5) is 0 Å². The predicted octanol–water partition coefficient (Wildman–Crippen LogP) is 2.53. The van der Waals surface area contributed by atoms with Gasteiger partial charge in [0.05, 0.1) is 12.1 Å². The summed E-state index contributed by atoms with van der Waals surface area (Å²) in [5.74, 6) is -1.40. The molecular formula is C12H9BrN2O3S. The van der Waals surface area contributed by atoms with E-state index in [-0.39, 0.29) is 17.2 Å². The zero-order chi connectivity index (χ0) is 13.8. The maximum Gasteiger partial charge on any atom is 0.337 e. The highest BCUT2D eigenvalue weighted by atomic mass is 79.9. The van der Waals surface area contributed by atoms with E-state index in [0.717, 1.165) is 9.35 Å². The number of rotatable bonds is 4. The van der Waals surface area contributed by atoms with Gasteiger partial charge in [0.25, 0.3) is 5.91 Å². The van der Waals surface area contributed by atoms with E-state index in [1.807, 2.05) is 11.4 Å². The molecule has 0 bridgehead atoms. The van der Waals surface area contributed by atoms with Crippen molar-refractivity contribution in [2.24, 2.45) is 0 Å². The molecule has 2 aromatic rings. The predicted molar refractivity (Wildman–Crippen MR) is 74.4 cm³/mol. The van der Waals surface area contributed by atoms with Crippen LogP contribution in [0, 0.1) is 0 Å². The Bertz CT molecular complexity index is 610. The van der Waals surface area contributed by atoms with E-state index in [1.165, 1.54) is 29.7 Å². The number of carboxylic acids is 1. The third kappa shape index (κ3) is 3.62. The van der Waals surface area contributed by atoms with Crippen LogP contribution in [0.15, 0.2) is 34.2 Å². The first kappa shape index (κ1) is 13.7. The van der Waals surface area contributed by atoms with Gasteiger partial charge in [-0.3, -0.25) is 9.78 Å². The highest BCUT2D eigenvalue weighted by Gasteiger charge is 2.09. The first-order valence-electron chi connectivity index (χ1n) is 5.26. The Morgan fingerprint density at radius 2 is 2.21 bits per heavy atom. The third-order valence-corrected chi connectivity index (χ3v) is 3.99. The second kappa shape index (κ2) is 5.94. The monoisotopic (exact) mass is 340 g/mol. The molecule has 0 aliphatic rings. The number of nitrogens with zero attached hydrogens (tertiary/aromatic N) is 1. The van der Waals surface area contributed by atoms with Crippen molar-refractivity contribution >= 4 is 39.1 Å². The van der Waals surface area contributed by atoms with Crippen LogP contribution in [0.25, 0.3) is 0 Å². The Labute approximate surface area is 121 Å². The summed E-state index contributed by atoms with van der Waals surface area (Å²) in [5, 5.41) is 13.4. The van der Waals surface area contributed by atoms with E-state index in [1.54, 1.807) is 0 Å². The fourth-order valence-electron chi connectivity index (χ4n) is 1.36. The number of nitrogens with one attached hydrogen (secondary N) is 1. The molecule has 0 saturated heterocycles. The largest absolute Gasteiger partial charge is 0.478 e. The van der Waals surface area contributed by atoms with Gasteiger partial charge in [0.2, 0.25) is 0 Å². The van der Waals surface area contributed by atoms with E-state index >= 15 is 0 Å². The lowest BCUT2D eigenvalue weighted by molar-refractivity contribution is 0.0695. The van der Waals surface area contributed by atoms with Gasteiger partial charge in [0, 0.05) is 20.9 Å². The minimum absolute atomic E-state index is 0.0544. The standard InChI is InChI=1S/C12H9BrN2O3S/c13-8-3-9(19-6-8)5-15-11(16)10-2-1-7(4-14-10)12(17)18/h1-4,6H,5H2,(H,15,16)(H,17,18). The molecule has 1 amide bonds. The van der Waals surface area contributed by atoms with E-state index < -0.39 is 5.97 Å². The summed E-state index contributed by atoms with van der Waals surface area (Å²) in [7, 11) is 0. The number of aromatic carboxylic acids is 1. The second-order valence-corrected chi connectivity index (χ2v) is 5.56. The van der Waals surface area contributed by atoms with Crippen LogP contribution in [0.5, 0.6) is 0 Å². The van der Waals surface area contributed by atoms with Gasteiger partial charge >= 0.3 is 5.97 Å². The number of halogens is 1. The quantitative estimate of drug-likeness (QED) is 0.896. The molecule has 0 radical (unpaired) electrons. The summed E-state index contributed by atoms with van der Waals surface area (Å²) < 4.78 is 0.977. The van der Waals surface area contributed by atoms with Crippen LogP contribution in [-0.2, 0) is 6.54 Å². The van der Waals surface area contributed by atoms with E-state index in [9.17, 15) is 9.59 Å². The number of aromatic nitrogens is 1. The Morgan fingerprint density at radius 3 is 2.74 bits per heavy atom. The molecule has 0 saturated carbocycles. The number of hydrogen-bond donors (Lipinski definition) is 2. The molecule has 7 heteroatoms. The van der Waals surface area contributed by atoms with Crippen molar-refractivity contribution in [2.75, 3.05) is 0 Å². The molecule has 5 nitrogen and oxygen atoms in total. The molecule has 0 aromatic carbocycles. The molecule has 2 aromatic heterocycles. The molecule has 0 aliphatic heterocycles. The van der Waals surface area contributed by atoms with Crippen molar-refractivity contribution in [3.63, 3.8) is 0 Å². The number of pyridine rings is 1. The molecule has 0 fully saturated rings. The molecule has 2 rings (SSSR count). The lowest BCUT2D eigenvalue weighted by atomic mass is 10.2. The number of amides is 1. The van der Waals surface area contributed by atoms with Gasteiger partial charge in [-0.15, -0.1) is 11.3 Å². The summed E-state index contributed by atoms with van der Waals surface area (Å²) >= 11 is 4.87. The topological polar surface area (TPSA) is 79.3 Å². The maximum absolute atomic E-state index is 11.8. The molecule has 19 heavy (non-hydrogen) atoms. The number of carbonyl (C=O) groups is 2. The average Bonchev–Trinajstić information content (AvgIpc) is 2.82. The van der Waals surface area contributed by atoms with Crippen molar-refractivity contribution in [3.05, 3.63) is 50.4 Å². The Kier molecular flexibility index (Phi) is 4.28. The van der Waals surface area contributed by atoms with Crippen molar-refractivity contribution in [1.82, 2.24) is 10.3 Å². The minimum Gasteiger partial charge on any atom is -0.478 e. The Morgan fingerprint density at radius 1 is 1.42 bits per heavy atom. The second-order valence-electron chi connectivity index (χ2n) is 3.65. The first-order valence-corrected chi connectivity index (χ1v) is 6.94. The number of carbonyl (C=O) groups excluding carboxylic acids is 1. The van der Waals surface area contributed by atoms with Gasteiger partial charge in [0.1, 0.15) is 5.69 Å². The highest BCUT2D eigenvalue weighted by molar-refractivity contribution is 9.10. The Hall–Kier alpha value is -1.73. The lowest BCUT2D eigenvalue weighted by Crippen LogP contribution is -2.23. The van der Waals surface area contributed by atoms with Crippen LogP contribution < -0.4 is 5.32 Å². The summed E-state index contributed by atoms with van der Waals surface area (Å²) in [4.78, 5) is 27.3. The molecule has 0 spiro atoms. The fraction of sp³-hybridized carbons (Fsp3) is 0.0833. The lowest BCUT2D eigenvalue weighted by Gasteiger charge is -2.03. The number of thiophene rings is 1. The highest BCUT2D eigenvalue weighted by Crippen LogP contribution is 2.19. The molecular weight excluding hydrogens is 332 g/mol. The maximum atomic E-state index is 11.8. The molecule has 2 heterocycles. The van der Waals surface area contributed by atoms with Gasteiger partial charge in [0.15, 0.2) is 0 Å². The summed E-state index contributed by atoms with van der Waals surface area (Å²) in [6, 6.07) is 4.67. The Balaban J connectivity index is 1.98. The fourth-order valence-corrected chi connectivity index (χ4v) is 2.75. The normalized spacial score (nSPS) is 10.2. The van der Waals surface area contributed by atoms with Crippen LogP contribution >= 0.6 is 27.3 Å². The molecule has 98 valence electrons. The van der Waals surface area contributed by atoms with Crippen molar-refractivity contribution in [1.29, 1.82) is 0 Å². The SMILES string of the molecule is O=C(O)c1ccc(C(=O)NCc2cc(Br)cs2)nc1. The summed E-state index contributed by atoms with van der Waals surface area (Å²) in [6.45, 7) is 0.414. The van der Waals surface area contributed by atoms with Gasteiger partial charge < -0.3 is 10.4 Å². The van der Waals surface area contributed by atoms with E-state index in [0.29, 0.717) is 6.54 Å². The van der Waals surface area contributed by atoms with Crippen LogP contribution in [0.1, 0.15) is 25.7 Å². The van der Waals surface area contributed by atoms with Crippen molar-refractivity contribution < 1.29 is 14.7 Å². The number of hydrogen-bond acceptors (Lipinski definition) is 4. The molecule has 2 N–H and O–H groups in total. The summed E-state index contributed by atoms with van der Waals surface area (Å²) in [6.07, 6.45) is 1.17. The van der Waals surface area contributed by atoms with Gasteiger partial charge in [-0.2, -0.15) is 0 Å². The smallest absolute Gasteiger partial charge is 0.337 e. The van der Waals surface area contributed by atoms with E-state index in [2.05, 4.69) is 26.2 Å². The van der Waals surface area contributed by atoms with Crippen LogP contribution in [-0.4, -0.2) is 22.0 Å². The molecule has 0 aliphatic carbocycles. The van der Waals surface area contributed by atoms with Crippen LogP contribution in [0.3, 0.4) is 0 Å². The minimum atomic E-state index is -1.07. The average molecular weight is 341 g/mol. The zero-order valence-electron chi connectivity index (χ0n) is 9.59. The van der Waals surface area contributed by atoms with Gasteiger partial charge in [-0.05, 0) is 34.1 Å². The van der Waals surface area contributed by atoms with Gasteiger partial charge in [-0.25, -0.2) is 4.79 Å². The zero-order valence-corrected chi connectivity index (χ0v) is 12.0. The summed E-state index contributed by atoms with van der Waals surface area (Å²) in [5.41, 5.74) is 0.249. The van der Waals surface area contributed by atoms with Crippen LogP contribution in [0.2, 0.25) is 0 Å². The molecule has 0 atom stereocenters. The number of carboxylic acid groups (broad SMARTS) is 1. The first-order chi connectivity index (χ1) is 9.06. The van der Waals surface area contributed by atoms with Crippen molar-refractivity contribution in [3.8, 4) is 0 Å². The van der Waals surface area contributed by atoms with Crippen molar-refractivity contribution in [2.45, 2.75) is 6.54 Å². The molecule has 0 unspecified atom stereocenters.